The molecule has 0 saturated heterocycles. The molecule has 0 radical (unpaired) electrons. The molecular formula is C23H30F3N5O2S. The number of hydrogen-bond acceptors (Lipinski definition) is 6. The van der Waals surface area contributed by atoms with Crippen LogP contribution in [0.4, 0.5) is 19.0 Å². The van der Waals surface area contributed by atoms with Gasteiger partial charge in [-0.25, -0.2) is 13.4 Å². The van der Waals surface area contributed by atoms with Gasteiger partial charge in [-0.1, -0.05) is 6.92 Å². The third kappa shape index (κ3) is 3.45. The van der Waals surface area contributed by atoms with Crippen molar-refractivity contribution in [3.05, 3.63) is 29.6 Å². The zero-order chi connectivity index (χ0) is 24.8. The number of sulfone groups is 1. The molecule has 2 aromatic heterocycles. The summed E-state index contributed by atoms with van der Waals surface area (Å²) >= 11 is 0. The fraction of sp³-hybridized carbons (Fsp3) is 0.652. The second-order valence-electron chi connectivity index (χ2n) is 10.3. The van der Waals surface area contributed by atoms with Gasteiger partial charge in [0.2, 0.25) is 0 Å². The summed E-state index contributed by atoms with van der Waals surface area (Å²) < 4.78 is 65.4. The summed E-state index contributed by atoms with van der Waals surface area (Å²) in [6.45, 7) is 4.63. The molecule has 7 nitrogen and oxygen atoms in total. The molecule has 6 unspecified atom stereocenters. The molecule has 34 heavy (non-hydrogen) atoms. The predicted octanol–water partition coefficient (Wildman–Crippen LogP) is 3.38. The quantitative estimate of drug-likeness (QED) is 0.601. The normalized spacial score (nSPS) is 30.5. The molecule has 4 saturated carbocycles. The standard InChI is InChI=1S/C23H30F3N5O2S/c1-5-12(2)31-18(10-16(29-31)13-8-15(23(24,25)26)21(27)28-11-13)22-14-9-17(20(22)19(14)22)30(3)6-7-34(4,32)33/h8,10-12,14,17,19-20H,5-7,9H2,1-4H3,(H2,27,28). The Morgan fingerprint density at radius 1 is 1.32 bits per heavy atom. The van der Waals surface area contributed by atoms with E-state index in [4.69, 9.17) is 10.8 Å². The number of nitrogen functional groups attached to an aromatic ring is 1. The lowest BCUT2D eigenvalue weighted by atomic mass is 9.99. The third-order valence-electron chi connectivity index (χ3n) is 8.32. The van der Waals surface area contributed by atoms with Crippen LogP contribution < -0.4 is 5.73 Å². The molecule has 2 bridgehead atoms. The zero-order valence-electron chi connectivity index (χ0n) is 19.7. The molecule has 186 valence electrons. The maximum absolute atomic E-state index is 13.4. The highest BCUT2D eigenvalue weighted by atomic mass is 32.2. The number of aromatic nitrogens is 3. The number of pyridine rings is 1. The van der Waals surface area contributed by atoms with Gasteiger partial charge < -0.3 is 10.6 Å². The smallest absolute Gasteiger partial charge is 0.383 e. The Hall–Kier alpha value is -2.14. The van der Waals surface area contributed by atoms with Crippen LogP contribution in [0.5, 0.6) is 0 Å². The van der Waals surface area contributed by atoms with Gasteiger partial charge in [-0.05, 0) is 56.7 Å². The van der Waals surface area contributed by atoms with Crippen LogP contribution >= 0.6 is 0 Å². The van der Waals surface area contributed by atoms with Gasteiger partial charge in [0.15, 0.2) is 0 Å². The van der Waals surface area contributed by atoms with E-state index in [2.05, 4.69) is 23.7 Å². The first-order valence-corrected chi connectivity index (χ1v) is 13.7. The number of fused-ring (bicyclic) bond motifs is 1. The summed E-state index contributed by atoms with van der Waals surface area (Å²) in [6.07, 6.45) is -0.129. The SMILES string of the molecule is CCC(C)n1nc(-c2cnc(N)c(C(F)(F)F)c2)cc1C12C3CC(N(C)CCS(C)(=O)=O)C1C32. The summed E-state index contributed by atoms with van der Waals surface area (Å²) in [5, 5.41) is 4.75. The van der Waals surface area contributed by atoms with Crippen molar-refractivity contribution in [2.75, 3.05) is 31.3 Å². The van der Waals surface area contributed by atoms with E-state index < -0.39 is 27.4 Å². The molecule has 6 rings (SSSR count). The van der Waals surface area contributed by atoms with E-state index >= 15 is 0 Å². The predicted molar refractivity (Wildman–Crippen MR) is 123 cm³/mol. The van der Waals surface area contributed by atoms with Gasteiger partial charge in [-0.3, -0.25) is 4.68 Å². The van der Waals surface area contributed by atoms with Gasteiger partial charge in [-0.15, -0.1) is 0 Å². The second-order valence-corrected chi connectivity index (χ2v) is 12.5. The van der Waals surface area contributed by atoms with Crippen LogP contribution in [0.1, 0.15) is 44.0 Å². The van der Waals surface area contributed by atoms with Crippen LogP contribution in [-0.4, -0.2) is 59.7 Å². The van der Waals surface area contributed by atoms with E-state index in [9.17, 15) is 21.6 Å². The van der Waals surface area contributed by atoms with E-state index in [-0.39, 0.29) is 17.2 Å². The van der Waals surface area contributed by atoms with Crippen LogP contribution in [0.3, 0.4) is 0 Å². The first-order chi connectivity index (χ1) is 15.8. The molecular weight excluding hydrogens is 467 g/mol. The number of nitrogens with two attached hydrogens (primary N) is 1. The van der Waals surface area contributed by atoms with E-state index in [1.807, 2.05) is 17.8 Å². The molecule has 4 fully saturated rings. The Morgan fingerprint density at radius 2 is 2.03 bits per heavy atom. The summed E-state index contributed by atoms with van der Waals surface area (Å²) in [6, 6.07) is 3.38. The molecule has 2 N–H and O–H groups in total. The number of rotatable bonds is 8. The largest absolute Gasteiger partial charge is 0.419 e. The molecule has 4 aliphatic rings. The number of alkyl halides is 3. The molecule has 2 aromatic rings. The topological polar surface area (TPSA) is 94.1 Å². The van der Waals surface area contributed by atoms with Gasteiger partial charge in [0.25, 0.3) is 0 Å². The minimum Gasteiger partial charge on any atom is -0.383 e. The van der Waals surface area contributed by atoms with E-state index in [1.165, 1.54) is 12.5 Å². The summed E-state index contributed by atoms with van der Waals surface area (Å²) in [7, 11) is -1.04. The molecule has 2 heterocycles. The zero-order valence-corrected chi connectivity index (χ0v) is 20.5. The summed E-state index contributed by atoms with van der Waals surface area (Å²) in [5.74, 6) is 1.09. The number of halogens is 3. The van der Waals surface area contributed by atoms with Crippen LogP contribution in [-0.2, 0) is 21.4 Å². The lowest BCUT2D eigenvalue weighted by Crippen LogP contribution is -2.35. The molecule has 6 atom stereocenters. The first-order valence-electron chi connectivity index (χ1n) is 11.6. The Kier molecular flexibility index (Phi) is 5.16. The van der Waals surface area contributed by atoms with Crippen LogP contribution in [0.15, 0.2) is 18.3 Å². The maximum atomic E-state index is 13.4. The lowest BCUT2D eigenvalue weighted by Gasteiger charge is -2.24. The van der Waals surface area contributed by atoms with E-state index in [0.29, 0.717) is 41.6 Å². The fourth-order valence-corrected chi connectivity index (χ4v) is 6.95. The van der Waals surface area contributed by atoms with Gasteiger partial charge in [0.1, 0.15) is 15.7 Å². The van der Waals surface area contributed by atoms with E-state index in [0.717, 1.165) is 24.6 Å². The van der Waals surface area contributed by atoms with Gasteiger partial charge in [0.05, 0.1) is 17.0 Å². The summed E-state index contributed by atoms with van der Waals surface area (Å²) in [5.41, 5.74) is 6.40. The first kappa shape index (κ1) is 23.6. The Labute approximate surface area is 197 Å². The van der Waals surface area contributed by atoms with Gasteiger partial charge >= 0.3 is 6.18 Å². The van der Waals surface area contributed by atoms with Crippen LogP contribution in [0.2, 0.25) is 0 Å². The van der Waals surface area contributed by atoms with Crippen molar-refractivity contribution in [3.63, 3.8) is 0 Å². The molecule has 0 aromatic carbocycles. The van der Waals surface area contributed by atoms with Crippen molar-refractivity contribution in [2.45, 2.75) is 50.4 Å². The van der Waals surface area contributed by atoms with Crippen molar-refractivity contribution in [1.82, 2.24) is 19.7 Å². The number of anilines is 1. The van der Waals surface area contributed by atoms with Crippen molar-refractivity contribution in [3.8, 4) is 11.3 Å². The minimum atomic E-state index is -4.59. The molecule has 11 heteroatoms. The maximum Gasteiger partial charge on any atom is 0.419 e. The molecule has 0 aliphatic heterocycles. The Balaban J connectivity index is 1.46. The lowest BCUT2D eigenvalue weighted by molar-refractivity contribution is -0.137. The monoisotopic (exact) mass is 497 g/mol. The Bertz CT molecular complexity index is 1240. The highest BCUT2D eigenvalue weighted by Crippen LogP contribution is 2.91. The highest BCUT2D eigenvalue weighted by Gasteiger charge is 2.93. The number of hydrogen-bond donors (Lipinski definition) is 1. The van der Waals surface area contributed by atoms with Crippen molar-refractivity contribution < 1.29 is 21.6 Å². The van der Waals surface area contributed by atoms with Gasteiger partial charge in [-0.2, -0.15) is 18.3 Å². The average Bonchev–Trinajstić information content (AvgIpc) is 3.30. The van der Waals surface area contributed by atoms with Crippen molar-refractivity contribution in [1.29, 1.82) is 0 Å². The summed E-state index contributed by atoms with van der Waals surface area (Å²) in [4.78, 5) is 5.95. The van der Waals surface area contributed by atoms with Crippen molar-refractivity contribution >= 4 is 15.7 Å². The molecule has 0 spiro atoms. The highest BCUT2D eigenvalue weighted by molar-refractivity contribution is 7.90. The molecule has 4 aliphatic carbocycles. The second kappa shape index (κ2) is 7.43. The average molecular weight is 498 g/mol. The van der Waals surface area contributed by atoms with E-state index in [1.54, 1.807) is 0 Å². The Morgan fingerprint density at radius 3 is 2.62 bits per heavy atom. The number of nitrogens with zero attached hydrogens (tertiary/aromatic N) is 4. The van der Waals surface area contributed by atoms with Crippen LogP contribution in [0.25, 0.3) is 11.3 Å². The van der Waals surface area contributed by atoms with Gasteiger partial charge in [0, 0.05) is 47.8 Å². The molecule has 0 amide bonds. The third-order valence-corrected chi connectivity index (χ3v) is 9.24. The fourth-order valence-electron chi connectivity index (χ4n) is 6.33. The van der Waals surface area contributed by atoms with Crippen LogP contribution in [0, 0.1) is 17.8 Å². The minimum absolute atomic E-state index is 0.00674. The van der Waals surface area contributed by atoms with Crippen molar-refractivity contribution in [2.24, 2.45) is 17.8 Å².